The van der Waals surface area contributed by atoms with Crippen molar-refractivity contribution >= 4 is 0 Å². The lowest BCUT2D eigenvalue weighted by molar-refractivity contribution is 0.210. The molecule has 3 atom stereocenters. The number of hydrogen-bond acceptors (Lipinski definition) is 2. The Morgan fingerprint density at radius 3 is 2.47 bits per heavy atom. The van der Waals surface area contributed by atoms with Crippen LogP contribution in [0.1, 0.15) is 61.8 Å². The van der Waals surface area contributed by atoms with Crippen molar-refractivity contribution in [3.05, 3.63) is 34.9 Å². The van der Waals surface area contributed by atoms with E-state index in [4.69, 9.17) is 5.84 Å². The van der Waals surface area contributed by atoms with Crippen molar-refractivity contribution in [1.29, 1.82) is 0 Å². The fourth-order valence-electron chi connectivity index (χ4n) is 3.70. The molecule has 3 unspecified atom stereocenters. The first-order chi connectivity index (χ1) is 9.13. The molecule has 0 aliphatic heterocycles. The van der Waals surface area contributed by atoms with Crippen LogP contribution in [0, 0.1) is 25.7 Å². The molecule has 0 bridgehead atoms. The monoisotopic (exact) mass is 260 g/mol. The molecule has 3 N–H and O–H groups in total. The van der Waals surface area contributed by atoms with Gasteiger partial charge in [0.2, 0.25) is 0 Å². The minimum absolute atomic E-state index is 0.313. The van der Waals surface area contributed by atoms with Gasteiger partial charge in [0.15, 0.2) is 0 Å². The van der Waals surface area contributed by atoms with E-state index in [2.05, 4.69) is 44.4 Å². The second-order valence-electron chi connectivity index (χ2n) is 6.27. The van der Waals surface area contributed by atoms with Gasteiger partial charge in [0.05, 0.1) is 0 Å². The third kappa shape index (κ3) is 3.58. The van der Waals surface area contributed by atoms with Gasteiger partial charge in [0.1, 0.15) is 0 Å². The number of hydrazine groups is 1. The summed E-state index contributed by atoms with van der Waals surface area (Å²) in [6.45, 7) is 6.65. The Bertz CT molecular complexity index is 393. The molecule has 1 saturated carbocycles. The fourth-order valence-corrected chi connectivity index (χ4v) is 3.70. The molecule has 0 spiro atoms. The van der Waals surface area contributed by atoms with Crippen LogP contribution in [0.2, 0.25) is 0 Å². The van der Waals surface area contributed by atoms with Gasteiger partial charge in [-0.25, -0.2) is 0 Å². The summed E-state index contributed by atoms with van der Waals surface area (Å²) in [4.78, 5) is 0. The molecule has 2 nitrogen and oxygen atoms in total. The highest BCUT2D eigenvalue weighted by atomic mass is 15.2. The van der Waals surface area contributed by atoms with E-state index in [1.807, 2.05) is 0 Å². The van der Waals surface area contributed by atoms with Crippen LogP contribution < -0.4 is 11.3 Å². The third-order valence-electron chi connectivity index (χ3n) is 4.65. The van der Waals surface area contributed by atoms with Gasteiger partial charge in [0, 0.05) is 6.04 Å². The standard InChI is InChI=1S/C17H28N2/c1-4-14-6-5-7-15(11-14)17(19-18)16-9-12(2)8-13(3)10-16/h8-10,14-15,17,19H,4-7,11,18H2,1-3H3. The highest BCUT2D eigenvalue weighted by molar-refractivity contribution is 5.31. The Balaban J connectivity index is 2.18. The smallest absolute Gasteiger partial charge is 0.0488 e. The zero-order valence-electron chi connectivity index (χ0n) is 12.6. The van der Waals surface area contributed by atoms with E-state index < -0.39 is 0 Å². The first kappa shape index (κ1) is 14.5. The third-order valence-corrected chi connectivity index (χ3v) is 4.65. The number of nitrogens with two attached hydrogens (primary N) is 1. The zero-order chi connectivity index (χ0) is 13.8. The molecule has 1 aromatic carbocycles. The summed E-state index contributed by atoms with van der Waals surface area (Å²) in [5.41, 5.74) is 7.11. The lowest BCUT2D eigenvalue weighted by Crippen LogP contribution is -2.36. The minimum atomic E-state index is 0.313. The van der Waals surface area contributed by atoms with Gasteiger partial charge in [-0.15, -0.1) is 0 Å². The van der Waals surface area contributed by atoms with E-state index in [0.29, 0.717) is 12.0 Å². The molecular weight excluding hydrogens is 232 g/mol. The predicted octanol–water partition coefficient (Wildman–Crippen LogP) is 4.02. The number of aryl methyl sites for hydroxylation is 2. The van der Waals surface area contributed by atoms with Crippen LogP contribution in [-0.4, -0.2) is 0 Å². The summed E-state index contributed by atoms with van der Waals surface area (Å²) in [6.07, 6.45) is 6.68. The molecule has 19 heavy (non-hydrogen) atoms. The quantitative estimate of drug-likeness (QED) is 0.634. The number of nitrogens with one attached hydrogen (secondary N) is 1. The Kier molecular flexibility index (Phi) is 5.00. The summed E-state index contributed by atoms with van der Waals surface area (Å²) in [5, 5.41) is 0. The van der Waals surface area contributed by atoms with Gasteiger partial charge in [-0.3, -0.25) is 11.3 Å². The Labute approximate surface area is 117 Å². The second-order valence-corrected chi connectivity index (χ2v) is 6.27. The van der Waals surface area contributed by atoms with E-state index in [9.17, 15) is 0 Å². The Hall–Kier alpha value is -0.860. The highest BCUT2D eigenvalue weighted by Gasteiger charge is 2.28. The molecule has 106 valence electrons. The summed E-state index contributed by atoms with van der Waals surface area (Å²) < 4.78 is 0. The lowest BCUT2D eigenvalue weighted by Gasteiger charge is -2.34. The van der Waals surface area contributed by atoms with Crippen molar-refractivity contribution in [2.75, 3.05) is 0 Å². The molecule has 2 rings (SSSR count). The fraction of sp³-hybridized carbons (Fsp3) is 0.647. The van der Waals surface area contributed by atoms with Crippen LogP contribution in [-0.2, 0) is 0 Å². The van der Waals surface area contributed by atoms with Gasteiger partial charge in [-0.05, 0) is 44.1 Å². The zero-order valence-corrected chi connectivity index (χ0v) is 12.6. The van der Waals surface area contributed by atoms with Crippen LogP contribution in [0.4, 0.5) is 0 Å². The first-order valence-corrected chi connectivity index (χ1v) is 7.68. The van der Waals surface area contributed by atoms with Crippen LogP contribution in [0.15, 0.2) is 18.2 Å². The molecule has 1 aromatic rings. The summed E-state index contributed by atoms with van der Waals surface area (Å²) in [6, 6.07) is 7.11. The molecule has 1 aliphatic rings. The van der Waals surface area contributed by atoms with Crippen molar-refractivity contribution in [3.8, 4) is 0 Å². The van der Waals surface area contributed by atoms with E-state index in [-0.39, 0.29) is 0 Å². The molecular formula is C17H28N2. The Morgan fingerprint density at radius 1 is 1.21 bits per heavy atom. The largest absolute Gasteiger partial charge is 0.271 e. The van der Waals surface area contributed by atoms with Crippen molar-refractivity contribution < 1.29 is 0 Å². The molecule has 0 aromatic heterocycles. The highest BCUT2D eigenvalue weighted by Crippen LogP contribution is 2.38. The van der Waals surface area contributed by atoms with Crippen molar-refractivity contribution in [1.82, 2.24) is 5.43 Å². The van der Waals surface area contributed by atoms with Crippen LogP contribution in [0.25, 0.3) is 0 Å². The average Bonchev–Trinajstić information content (AvgIpc) is 2.39. The summed E-state index contributed by atoms with van der Waals surface area (Å²) in [5.74, 6) is 7.45. The molecule has 1 aliphatic carbocycles. The SMILES string of the molecule is CCC1CCCC(C(NN)c2cc(C)cc(C)c2)C1. The number of benzene rings is 1. The molecule has 0 heterocycles. The van der Waals surface area contributed by atoms with Gasteiger partial charge in [-0.2, -0.15) is 0 Å². The summed E-state index contributed by atoms with van der Waals surface area (Å²) >= 11 is 0. The summed E-state index contributed by atoms with van der Waals surface area (Å²) in [7, 11) is 0. The lowest BCUT2D eigenvalue weighted by atomic mass is 9.75. The maximum absolute atomic E-state index is 5.87. The molecule has 0 saturated heterocycles. The van der Waals surface area contributed by atoms with Crippen LogP contribution in [0.3, 0.4) is 0 Å². The van der Waals surface area contributed by atoms with Gasteiger partial charge >= 0.3 is 0 Å². The Morgan fingerprint density at radius 2 is 1.89 bits per heavy atom. The van der Waals surface area contributed by atoms with Crippen molar-refractivity contribution in [3.63, 3.8) is 0 Å². The van der Waals surface area contributed by atoms with Gasteiger partial charge < -0.3 is 0 Å². The average molecular weight is 260 g/mol. The minimum Gasteiger partial charge on any atom is -0.271 e. The topological polar surface area (TPSA) is 38.0 Å². The van der Waals surface area contributed by atoms with E-state index in [0.717, 1.165) is 5.92 Å². The van der Waals surface area contributed by atoms with Crippen LogP contribution >= 0.6 is 0 Å². The molecule has 0 amide bonds. The van der Waals surface area contributed by atoms with Gasteiger partial charge in [-0.1, -0.05) is 55.5 Å². The van der Waals surface area contributed by atoms with Crippen LogP contribution in [0.5, 0.6) is 0 Å². The second kappa shape index (κ2) is 6.53. The van der Waals surface area contributed by atoms with Crippen molar-refractivity contribution in [2.24, 2.45) is 17.7 Å². The number of hydrogen-bond donors (Lipinski definition) is 2. The maximum Gasteiger partial charge on any atom is 0.0488 e. The molecule has 1 fully saturated rings. The maximum atomic E-state index is 5.87. The number of rotatable bonds is 4. The van der Waals surface area contributed by atoms with Gasteiger partial charge in [0.25, 0.3) is 0 Å². The van der Waals surface area contributed by atoms with Crippen molar-refractivity contribution in [2.45, 2.75) is 58.9 Å². The predicted molar refractivity (Wildman–Crippen MR) is 81.7 cm³/mol. The first-order valence-electron chi connectivity index (χ1n) is 7.68. The molecule has 2 heteroatoms. The van der Waals surface area contributed by atoms with E-state index in [1.54, 1.807) is 0 Å². The molecule has 0 radical (unpaired) electrons. The van der Waals surface area contributed by atoms with E-state index in [1.165, 1.54) is 48.8 Å². The van der Waals surface area contributed by atoms with E-state index >= 15 is 0 Å². The normalized spacial score (nSPS) is 25.3.